The highest BCUT2D eigenvalue weighted by atomic mass is 35.5. The predicted molar refractivity (Wildman–Crippen MR) is 114 cm³/mol. The fourth-order valence-electron chi connectivity index (χ4n) is 2.92. The highest BCUT2D eigenvalue weighted by molar-refractivity contribution is 6.32. The van der Waals surface area contributed by atoms with E-state index < -0.39 is 23.7 Å². The van der Waals surface area contributed by atoms with Gasteiger partial charge >= 0.3 is 12.0 Å². The zero-order chi connectivity index (χ0) is 23.3. The van der Waals surface area contributed by atoms with Crippen molar-refractivity contribution >= 4 is 35.6 Å². The van der Waals surface area contributed by atoms with Crippen LogP contribution in [0.15, 0.2) is 42.1 Å². The van der Waals surface area contributed by atoms with Gasteiger partial charge in [-0.1, -0.05) is 23.7 Å². The van der Waals surface area contributed by atoms with Crippen LogP contribution >= 0.6 is 11.6 Å². The number of nitrogens with one attached hydrogen (secondary N) is 1. The van der Waals surface area contributed by atoms with Crippen LogP contribution in [0.2, 0.25) is 5.02 Å². The molecule has 8 nitrogen and oxygen atoms in total. The van der Waals surface area contributed by atoms with E-state index in [-0.39, 0.29) is 35.4 Å². The molecular weight excluding hydrogens is 443 g/mol. The number of methoxy groups -OCH3 is 1. The average Bonchev–Trinajstić information content (AvgIpc) is 3.02. The zero-order valence-electron chi connectivity index (χ0n) is 17.3. The van der Waals surface area contributed by atoms with Crippen molar-refractivity contribution in [2.75, 3.05) is 20.3 Å². The number of imide groups is 1. The Kier molecular flexibility index (Phi) is 7.32. The summed E-state index contributed by atoms with van der Waals surface area (Å²) >= 11 is 6.30. The van der Waals surface area contributed by atoms with Gasteiger partial charge in [-0.2, -0.15) is 0 Å². The molecule has 0 unspecified atom stereocenters. The molecule has 3 amide bonds. The minimum Gasteiger partial charge on any atom is -0.490 e. The van der Waals surface area contributed by atoms with Gasteiger partial charge in [0, 0.05) is 0 Å². The van der Waals surface area contributed by atoms with E-state index in [1.54, 1.807) is 13.0 Å². The van der Waals surface area contributed by atoms with Gasteiger partial charge in [0.25, 0.3) is 5.91 Å². The van der Waals surface area contributed by atoms with Crippen LogP contribution in [0.25, 0.3) is 6.08 Å². The summed E-state index contributed by atoms with van der Waals surface area (Å²) in [5.74, 6) is -1.13. The largest absolute Gasteiger partial charge is 0.490 e. The van der Waals surface area contributed by atoms with Gasteiger partial charge in [0.05, 0.1) is 25.3 Å². The van der Waals surface area contributed by atoms with Gasteiger partial charge in [-0.3, -0.25) is 9.69 Å². The summed E-state index contributed by atoms with van der Waals surface area (Å²) in [6.07, 6.45) is 1.45. The van der Waals surface area contributed by atoms with Gasteiger partial charge in [-0.25, -0.2) is 14.0 Å². The number of carbonyl (C=O) groups is 3. The van der Waals surface area contributed by atoms with Crippen molar-refractivity contribution in [3.63, 3.8) is 0 Å². The first-order valence-electron chi connectivity index (χ1n) is 9.57. The number of carbonyl (C=O) groups excluding carboxylic acids is 3. The number of esters is 1. The summed E-state index contributed by atoms with van der Waals surface area (Å²) < 4.78 is 28.6. The molecule has 0 aromatic heterocycles. The summed E-state index contributed by atoms with van der Waals surface area (Å²) in [6, 6.07) is 7.98. The van der Waals surface area contributed by atoms with Crippen molar-refractivity contribution in [2.45, 2.75) is 13.5 Å². The topological polar surface area (TPSA) is 94.2 Å². The summed E-state index contributed by atoms with van der Waals surface area (Å²) in [7, 11) is 1.23. The van der Waals surface area contributed by atoms with Crippen molar-refractivity contribution in [3.8, 4) is 11.5 Å². The third-order valence-corrected chi connectivity index (χ3v) is 4.70. The zero-order valence-corrected chi connectivity index (χ0v) is 18.1. The van der Waals surface area contributed by atoms with Crippen LogP contribution in [0.1, 0.15) is 18.1 Å². The second kappa shape index (κ2) is 10.1. The molecule has 0 spiro atoms. The Balaban J connectivity index is 1.83. The predicted octanol–water partition coefficient (Wildman–Crippen LogP) is 3.52. The van der Waals surface area contributed by atoms with Crippen molar-refractivity contribution in [2.24, 2.45) is 0 Å². The number of hydrogen-bond donors (Lipinski definition) is 1. The van der Waals surface area contributed by atoms with Crippen LogP contribution < -0.4 is 14.8 Å². The SMILES string of the molecule is CCOc1cc(/C=C2\NC(=O)N(Cc3ccc(F)cc3)C2=O)cc(Cl)c1OCC(=O)OC. The van der Waals surface area contributed by atoms with Crippen LogP contribution in [-0.2, 0) is 20.9 Å². The molecule has 1 heterocycles. The number of ether oxygens (including phenoxy) is 3. The molecule has 168 valence electrons. The van der Waals surface area contributed by atoms with Crippen molar-refractivity contribution in [1.29, 1.82) is 0 Å². The summed E-state index contributed by atoms with van der Waals surface area (Å²) in [6.45, 7) is 1.69. The van der Waals surface area contributed by atoms with Crippen LogP contribution in [-0.4, -0.2) is 43.1 Å². The molecule has 32 heavy (non-hydrogen) atoms. The standard InChI is InChI=1S/C22H20ClFN2O6/c1-3-31-18-10-14(8-16(23)20(18)32-12-19(27)30-2)9-17-21(28)26(22(29)25-17)11-13-4-6-15(24)7-5-13/h4-10H,3,11-12H2,1-2H3,(H,25,29)/b17-9-. The van der Waals surface area contributed by atoms with E-state index in [2.05, 4.69) is 10.1 Å². The lowest BCUT2D eigenvalue weighted by molar-refractivity contribution is -0.142. The second-order valence-corrected chi connectivity index (χ2v) is 7.04. The Hall–Kier alpha value is -3.59. The molecule has 0 bridgehead atoms. The van der Waals surface area contributed by atoms with Crippen LogP contribution in [0.4, 0.5) is 9.18 Å². The lowest BCUT2D eigenvalue weighted by atomic mass is 10.1. The average molecular weight is 463 g/mol. The monoisotopic (exact) mass is 462 g/mol. The molecule has 2 aromatic rings. The molecule has 0 saturated carbocycles. The van der Waals surface area contributed by atoms with E-state index in [1.807, 2.05) is 0 Å². The van der Waals surface area contributed by atoms with E-state index in [0.717, 1.165) is 4.90 Å². The summed E-state index contributed by atoms with van der Waals surface area (Å²) in [5.41, 5.74) is 1.11. The molecule has 0 aliphatic carbocycles. The highest BCUT2D eigenvalue weighted by Crippen LogP contribution is 2.37. The van der Waals surface area contributed by atoms with Crippen molar-refractivity contribution < 1.29 is 33.0 Å². The molecule has 1 saturated heterocycles. The molecule has 0 atom stereocenters. The number of hydrogen-bond acceptors (Lipinski definition) is 6. The van der Waals surface area contributed by atoms with Gasteiger partial charge in [0.2, 0.25) is 0 Å². The van der Waals surface area contributed by atoms with Crippen molar-refractivity contribution in [1.82, 2.24) is 10.2 Å². The van der Waals surface area contributed by atoms with E-state index in [4.69, 9.17) is 21.1 Å². The Labute approximate surface area is 188 Å². The van der Waals surface area contributed by atoms with Gasteiger partial charge in [-0.05, 0) is 48.4 Å². The van der Waals surface area contributed by atoms with Gasteiger partial charge in [-0.15, -0.1) is 0 Å². The van der Waals surface area contributed by atoms with E-state index >= 15 is 0 Å². The molecule has 3 rings (SSSR count). The second-order valence-electron chi connectivity index (χ2n) is 6.63. The Morgan fingerprint density at radius 3 is 2.56 bits per heavy atom. The van der Waals surface area contributed by atoms with Crippen LogP contribution in [0.3, 0.4) is 0 Å². The number of urea groups is 1. The van der Waals surface area contributed by atoms with E-state index in [9.17, 15) is 18.8 Å². The third-order valence-electron chi connectivity index (χ3n) is 4.42. The first kappa shape index (κ1) is 23.1. The normalized spacial score (nSPS) is 14.5. The highest BCUT2D eigenvalue weighted by Gasteiger charge is 2.33. The third kappa shape index (κ3) is 5.36. The number of rotatable bonds is 8. The first-order valence-corrected chi connectivity index (χ1v) is 9.95. The Morgan fingerprint density at radius 1 is 1.19 bits per heavy atom. The quantitative estimate of drug-likeness (QED) is 0.366. The molecule has 1 N–H and O–H groups in total. The maximum Gasteiger partial charge on any atom is 0.343 e. The Bertz CT molecular complexity index is 1070. The fourth-order valence-corrected chi connectivity index (χ4v) is 3.19. The molecule has 2 aromatic carbocycles. The van der Waals surface area contributed by atoms with Crippen LogP contribution in [0.5, 0.6) is 11.5 Å². The minimum atomic E-state index is -0.597. The fraction of sp³-hybridized carbons (Fsp3) is 0.227. The number of nitrogens with zero attached hydrogens (tertiary/aromatic N) is 1. The van der Waals surface area contributed by atoms with Gasteiger partial charge < -0.3 is 19.5 Å². The molecule has 10 heteroatoms. The molecule has 1 aliphatic rings. The van der Waals surface area contributed by atoms with Crippen LogP contribution in [0, 0.1) is 5.82 Å². The lowest BCUT2D eigenvalue weighted by Gasteiger charge is -2.14. The van der Waals surface area contributed by atoms with Gasteiger partial charge in [0.1, 0.15) is 11.5 Å². The molecule has 1 fully saturated rings. The first-order chi connectivity index (χ1) is 15.3. The number of benzene rings is 2. The molecular formula is C22H20ClFN2O6. The summed E-state index contributed by atoms with van der Waals surface area (Å²) in [5, 5.41) is 2.66. The maximum atomic E-state index is 13.1. The van der Waals surface area contributed by atoms with Gasteiger partial charge in [0.15, 0.2) is 18.1 Å². The summed E-state index contributed by atoms with van der Waals surface area (Å²) in [4.78, 5) is 37.4. The number of halogens is 2. The molecule has 0 radical (unpaired) electrons. The number of amides is 3. The van der Waals surface area contributed by atoms with E-state index in [0.29, 0.717) is 17.7 Å². The lowest BCUT2D eigenvalue weighted by Crippen LogP contribution is -2.30. The Morgan fingerprint density at radius 2 is 1.91 bits per heavy atom. The maximum absolute atomic E-state index is 13.1. The van der Waals surface area contributed by atoms with E-state index in [1.165, 1.54) is 43.5 Å². The molecule has 1 aliphatic heterocycles. The van der Waals surface area contributed by atoms with Crippen molar-refractivity contribution in [3.05, 3.63) is 64.1 Å². The smallest absolute Gasteiger partial charge is 0.343 e. The minimum absolute atomic E-state index is 0.00640.